The molecule has 1 aromatic rings. The topological polar surface area (TPSA) is 39.0 Å². The van der Waals surface area contributed by atoms with Crippen molar-refractivity contribution in [3.8, 4) is 0 Å². The van der Waals surface area contributed by atoms with E-state index in [9.17, 15) is 4.79 Å². The van der Waals surface area contributed by atoms with Gasteiger partial charge in [0.15, 0.2) is 0 Å². The number of rotatable bonds is 6. The molecule has 1 aromatic heterocycles. The van der Waals surface area contributed by atoms with Crippen LogP contribution >= 0.6 is 0 Å². The molecule has 0 bridgehead atoms. The summed E-state index contributed by atoms with van der Waals surface area (Å²) in [5.41, 5.74) is 0.0699. The van der Waals surface area contributed by atoms with E-state index in [0.29, 0.717) is 0 Å². The fraction of sp³-hybridized carbons (Fsp3) is 0.700. The standard InChI is InChI=1S/C10H19N3O/c1-3-5-11-6-4-7-13-9-8-12(2)10(13)14/h8-9,11H,3-7H2,1-2H3. The van der Waals surface area contributed by atoms with Gasteiger partial charge in [-0.2, -0.15) is 0 Å². The SMILES string of the molecule is CCCNCCCn1ccn(C)c1=O. The molecule has 0 spiro atoms. The molecule has 0 aliphatic heterocycles. The molecule has 0 atom stereocenters. The molecule has 80 valence electrons. The first-order chi connectivity index (χ1) is 6.75. The van der Waals surface area contributed by atoms with Gasteiger partial charge in [0.2, 0.25) is 0 Å². The van der Waals surface area contributed by atoms with E-state index in [1.54, 1.807) is 22.4 Å². The van der Waals surface area contributed by atoms with Crippen LogP contribution in [0.4, 0.5) is 0 Å². The number of hydrogen-bond acceptors (Lipinski definition) is 2. The highest BCUT2D eigenvalue weighted by molar-refractivity contribution is 4.79. The van der Waals surface area contributed by atoms with Crippen LogP contribution in [0.3, 0.4) is 0 Å². The summed E-state index contributed by atoms with van der Waals surface area (Å²) in [7, 11) is 1.77. The molecule has 1 heterocycles. The summed E-state index contributed by atoms with van der Waals surface area (Å²) in [4.78, 5) is 11.4. The lowest BCUT2D eigenvalue weighted by Gasteiger charge is -2.02. The molecule has 1 rings (SSSR count). The molecule has 0 amide bonds. The van der Waals surface area contributed by atoms with Gasteiger partial charge in [-0.05, 0) is 25.9 Å². The predicted molar refractivity (Wildman–Crippen MR) is 57.5 cm³/mol. The molecule has 0 unspecified atom stereocenters. The first kappa shape index (κ1) is 11.0. The lowest BCUT2D eigenvalue weighted by Crippen LogP contribution is -2.24. The molecule has 0 saturated carbocycles. The fourth-order valence-electron chi connectivity index (χ4n) is 1.36. The van der Waals surface area contributed by atoms with E-state index in [-0.39, 0.29) is 5.69 Å². The van der Waals surface area contributed by atoms with Crippen molar-refractivity contribution in [3.05, 3.63) is 22.9 Å². The van der Waals surface area contributed by atoms with Gasteiger partial charge in [0.05, 0.1) is 0 Å². The number of nitrogens with zero attached hydrogens (tertiary/aromatic N) is 2. The maximum absolute atomic E-state index is 11.4. The minimum absolute atomic E-state index is 0.0699. The summed E-state index contributed by atoms with van der Waals surface area (Å²) in [6, 6.07) is 0. The van der Waals surface area contributed by atoms with Crippen LogP contribution in [-0.4, -0.2) is 22.2 Å². The first-order valence-corrected chi connectivity index (χ1v) is 5.18. The van der Waals surface area contributed by atoms with Crippen molar-refractivity contribution >= 4 is 0 Å². The lowest BCUT2D eigenvalue weighted by atomic mass is 10.4. The third-order valence-corrected chi connectivity index (χ3v) is 2.20. The normalized spacial score (nSPS) is 10.7. The summed E-state index contributed by atoms with van der Waals surface area (Å²) in [6.07, 6.45) is 5.79. The summed E-state index contributed by atoms with van der Waals surface area (Å²) in [5, 5.41) is 3.31. The van der Waals surface area contributed by atoms with Gasteiger partial charge in [-0.3, -0.25) is 4.57 Å². The molecule has 14 heavy (non-hydrogen) atoms. The molecule has 0 fully saturated rings. The Kier molecular flexibility index (Phi) is 4.46. The minimum atomic E-state index is 0.0699. The highest BCUT2D eigenvalue weighted by Crippen LogP contribution is 1.86. The molecule has 0 radical (unpaired) electrons. The van der Waals surface area contributed by atoms with Gasteiger partial charge in [0, 0.05) is 26.0 Å². The summed E-state index contributed by atoms with van der Waals surface area (Å²) in [6.45, 7) is 4.99. The second-order valence-corrected chi connectivity index (χ2v) is 3.49. The zero-order valence-electron chi connectivity index (χ0n) is 8.99. The van der Waals surface area contributed by atoms with Gasteiger partial charge in [0.1, 0.15) is 0 Å². The molecule has 4 nitrogen and oxygen atoms in total. The third-order valence-electron chi connectivity index (χ3n) is 2.20. The number of hydrogen-bond donors (Lipinski definition) is 1. The average molecular weight is 197 g/mol. The first-order valence-electron chi connectivity index (χ1n) is 5.18. The highest BCUT2D eigenvalue weighted by atomic mass is 16.1. The van der Waals surface area contributed by atoms with Gasteiger partial charge in [-0.1, -0.05) is 6.92 Å². The van der Waals surface area contributed by atoms with Crippen LogP contribution in [0, 0.1) is 0 Å². The Bertz CT molecular complexity index is 313. The van der Waals surface area contributed by atoms with Crippen LogP contribution in [0.2, 0.25) is 0 Å². The number of aryl methyl sites for hydroxylation is 2. The van der Waals surface area contributed by atoms with Gasteiger partial charge < -0.3 is 9.88 Å². The van der Waals surface area contributed by atoms with E-state index >= 15 is 0 Å². The van der Waals surface area contributed by atoms with Crippen molar-refractivity contribution < 1.29 is 0 Å². The summed E-state index contributed by atoms with van der Waals surface area (Å²) >= 11 is 0. The fourth-order valence-corrected chi connectivity index (χ4v) is 1.36. The number of aromatic nitrogens is 2. The van der Waals surface area contributed by atoms with E-state index in [1.807, 2.05) is 6.20 Å². The molecule has 0 saturated heterocycles. The molecular formula is C10H19N3O. The van der Waals surface area contributed by atoms with Crippen LogP contribution in [0.5, 0.6) is 0 Å². The second-order valence-electron chi connectivity index (χ2n) is 3.49. The largest absolute Gasteiger partial charge is 0.327 e. The zero-order chi connectivity index (χ0) is 10.4. The van der Waals surface area contributed by atoms with Crippen molar-refractivity contribution in [2.24, 2.45) is 7.05 Å². The van der Waals surface area contributed by atoms with Crippen LogP contribution in [0.1, 0.15) is 19.8 Å². The van der Waals surface area contributed by atoms with Crippen LogP contribution < -0.4 is 11.0 Å². The van der Waals surface area contributed by atoms with E-state index in [2.05, 4.69) is 12.2 Å². The smallest absolute Gasteiger partial charge is 0.317 e. The van der Waals surface area contributed by atoms with Crippen molar-refractivity contribution in [2.45, 2.75) is 26.3 Å². The quantitative estimate of drug-likeness (QED) is 0.677. The summed E-state index contributed by atoms with van der Waals surface area (Å²) < 4.78 is 3.34. The lowest BCUT2D eigenvalue weighted by molar-refractivity contribution is 0.563. The van der Waals surface area contributed by atoms with Gasteiger partial charge in [-0.15, -0.1) is 0 Å². The Labute approximate surface area is 84.5 Å². The molecule has 0 aliphatic rings. The number of nitrogens with one attached hydrogen (secondary N) is 1. The van der Waals surface area contributed by atoms with E-state index in [0.717, 1.165) is 32.5 Å². The van der Waals surface area contributed by atoms with Crippen molar-refractivity contribution in [1.82, 2.24) is 14.5 Å². The number of imidazole rings is 1. The van der Waals surface area contributed by atoms with Gasteiger partial charge >= 0.3 is 5.69 Å². The Morgan fingerprint density at radius 2 is 2.14 bits per heavy atom. The van der Waals surface area contributed by atoms with E-state index in [1.165, 1.54) is 0 Å². The van der Waals surface area contributed by atoms with E-state index in [4.69, 9.17) is 0 Å². The molecule has 4 heteroatoms. The summed E-state index contributed by atoms with van der Waals surface area (Å²) in [5.74, 6) is 0. The van der Waals surface area contributed by atoms with Gasteiger partial charge in [0.25, 0.3) is 0 Å². The molecule has 0 aliphatic carbocycles. The average Bonchev–Trinajstić information content (AvgIpc) is 2.49. The van der Waals surface area contributed by atoms with Crippen LogP contribution in [-0.2, 0) is 13.6 Å². The zero-order valence-corrected chi connectivity index (χ0v) is 8.99. The van der Waals surface area contributed by atoms with Crippen molar-refractivity contribution in [1.29, 1.82) is 0 Å². The Hall–Kier alpha value is -1.03. The van der Waals surface area contributed by atoms with E-state index < -0.39 is 0 Å². The molecule has 0 aromatic carbocycles. The maximum Gasteiger partial charge on any atom is 0.327 e. The van der Waals surface area contributed by atoms with Gasteiger partial charge in [-0.25, -0.2) is 4.79 Å². The predicted octanol–water partition coefficient (Wildman–Crippen LogP) is 0.577. The third kappa shape index (κ3) is 3.03. The molecule has 1 N–H and O–H groups in total. The molecular weight excluding hydrogens is 178 g/mol. The Morgan fingerprint density at radius 1 is 1.36 bits per heavy atom. The van der Waals surface area contributed by atoms with Crippen LogP contribution in [0.25, 0.3) is 0 Å². The second kappa shape index (κ2) is 5.65. The Morgan fingerprint density at radius 3 is 2.71 bits per heavy atom. The maximum atomic E-state index is 11.4. The Balaban J connectivity index is 2.25. The van der Waals surface area contributed by atoms with Crippen LogP contribution in [0.15, 0.2) is 17.2 Å². The van der Waals surface area contributed by atoms with Crippen molar-refractivity contribution in [3.63, 3.8) is 0 Å². The highest BCUT2D eigenvalue weighted by Gasteiger charge is 1.97. The monoisotopic (exact) mass is 197 g/mol. The van der Waals surface area contributed by atoms with Crippen molar-refractivity contribution in [2.75, 3.05) is 13.1 Å². The minimum Gasteiger partial charge on any atom is -0.317 e.